The Hall–Kier alpha value is -2.95. The number of carbonyl (C=O) groups excluding carboxylic acids is 1. The summed E-state index contributed by atoms with van der Waals surface area (Å²) in [6.07, 6.45) is 2.73. The lowest BCUT2D eigenvalue weighted by molar-refractivity contribution is -0.116. The first-order valence-corrected chi connectivity index (χ1v) is 7.77. The summed E-state index contributed by atoms with van der Waals surface area (Å²) in [5.74, 6) is 2.20. The summed E-state index contributed by atoms with van der Waals surface area (Å²) in [6, 6.07) is 13.0. The molecule has 0 fully saturated rings. The van der Waals surface area contributed by atoms with E-state index in [1.54, 1.807) is 6.08 Å². The van der Waals surface area contributed by atoms with E-state index >= 15 is 0 Å². The van der Waals surface area contributed by atoms with E-state index < -0.39 is 0 Å². The minimum Gasteiger partial charge on any atom is -0.490 e. The lowest BCUT2D eigenvalue weighted by Gasteiger charge is -2.07. The van der Waals surface area contributed by atoms with Gasteiger partial charge in [-0.15, -0.1) is 0 Å². The van der Waals surface area contributed by atoms with E-state index in [1.807, 2.05) is 42.5 Å². The Balaban J connectivity index is 1.49. The van der Waals surface area contributed by atoms with Crippen LogP contribution in [0.1, 0.15) is 12.0 Å². The molecule has 1 aliphatic heterocycles. The molecule has 1 aliphatic rings. The number of amides is 1. The lowest BCUT2D eigenvalue weighted by Crippen LogP contribution is -2.12. The van der Waals surface area contributed by atoms with E-state index in [1.165, 1.54) is 0 Å². The maximum absolute atomic E-state index is 12.1. The number of aryl methyl sites for hydroxylation is 1. The maximum Gasteiger partial charge on any atom is 0.231 e. The Bertz CT molecular complexity index is 725. The molecule has 1 heterocycles. The first kappa shape index (κ1) is 15.9. The molecule has 0 atom stereocenters. The summed E-state index contributed by atoms with van der Waals surface area (Å²) in [5.41, 5.74) is 1.79. The number of hydrogen-bond acceptors (Lipinski definition) is 4. The summed E-state index contributed by atoms with van der Waals surface area (Å²) in [5, 5.41) is 2.88. The summed E-state index contributed by atoms with van der Waals surface area (Å²) in [7, 11) is 0. The fourth-order valence-corrected chi connectivity index (χ4v) is 2.37. The largest absolute Gasteiger partial charge is 0.490 e. The standard InChI is InChI=1S/C19H19NO4/c1-2-11-22-16-7-5-15(6-8-16)20-19(21)10-4-14-3-9-17-18(12-14)24-13-23-17/h2-3,5-9,12H,1,4,10-11,13H2,(H,20,21). The highest BCUT2D eigenvalue weighted by atomic mass is 16.7. The van der Waals surface area contributed by atoms with Crippen LogP contribution in [0, 0.1) is 0 Å². The number of nitrogens with one attached hydrogen (secondary N) is 1. The van der Waals surface area contributed by atoms with Gasteiger partial charge in [-0.3, -0.25) is 4.79 Å². The average Bonchev–Trinajstić information content (AvgIpc) is 3.07. The Morgan fingerprint density at radius 1 is 1.17 bits per heavy atom. The molecule has 2 aromatic carbocycles. The first-order chi connectivity index (χ1) is 11.7. The normalized spacial score (nSPS) is 11.8. The number of ether oxygens (including phenoxy) is 3. The van der Waals surface area contributed by atoms with E-state index in [-0.39, 0.29) is 12.7 Å². The molecule has 3 rings (SSSR count). The van der Waals surface area contributed by atoms with E-state index in [2.05, 4.69) is 11.9 Å². The highest BCUT2D eigenvalue weighted by Gasteiger charge is 2.13. The molecule has 0 unspecified atom stereocenters. The van der Waals surface area contributed by atoms with Crippen molar-refractivity contribution in [3.63, 3.8) is 0 Å². The topological polar surface area (TPSA) is 56.8 Å². The second-order valence-electron chi connectivity index (χ2n) is 5.36. The van der Waals surface area contributed by atoms with Crippen LogP contribution in [0.2, 0.25) is 0 Å². The Labute approximate surface area is 140 Å². The Morgan fingerprint density at radius 2 is 1.96 bits per heavy atom. The monoisotopic (exact) mass is 325 g/mol. The zero-order chi connectivity index (χ0) is 16.8. The van der Waals surface area contributed by atoms with Gasteiger partial charge in [0, 0.05) is 12.1 Å². The second-order valence-corrected chi connectivity index (χ2v) is 5.36. The number of benzene rings is 2. The molecular weight excluding hydrogens is 306 g/mol. The summed E-state index contributed by atoms with van der Waals surface area (Å²) in [4.78, 5) is 12.1. The van der Waals surface area contributed by atoms with Gasteiger partial charge in [0.05, 0.1) is 0 Å². The molecule has 0 spiro atoms. The van der Waals surface area contributed by atoms with E-state index in [0.29, 0.717) is 19.4 Å². The van der Waals surface area contributed by atoms with Crippen molar-refractivity contribution in [2.75, 3.05) is 18.7 Å². The van der Waals surface area contributed by atoms with Gasteiger partial charge < -0.3 is 19.5 Å². The van der Waals surface area contributed by atoms with Gasteiger partial charge in [-0.2, -0.15) is 0 Å². The highest BCUT2D eigenvalue weighted by Crippen LogP contribution is 2.32. The van der Waals surface area contributed by atoms with E-state index in [9.17, 15) is 4.79 Å². The van der Waals surface area contributed by atoms with Gasteiger partial charge in [0.1, 0.15) is 12.4 Å². The van der Waals surface area contributed by atoms with Crippen LogP contribution in [0.4, 0.5) is 5.69 Å². The molecule has 0 aromatic heterocycles. The molecule has 2 aromatic rings. The minimum atomic E-state index is -0.0348. The van der Waals surface area contributed by atoms with Gasteiger partial charge >= 0.3 is 0 Å². The van der Waals surface area contributed by atoms with Crippen molar-refractivity contribution in [2.45, 2.75) is 12.8 Å². The number of rotatable bonds is 7. The third-order valence-corrected chi connectivity index (χ3v) is 3.58. The van der Waals surface area contributed by atoms with Gasteiger partial charge in [0.15, 0.2) is 11.5 Å². The van der Waals surface area contributed by atoms with Crippen LogP contribution in [-0.2, 0) is 11.2 Å². The molecule has 0 aliphatic carbocycles. The molecule has 0 bridgehead atoms. The predicted octanol–water partition coefficient (Wildman–Crippen LogP) is 3.55. The average molecular weight is 325 g/mol. The van der Waals surface area contributed by atoms with Crippen molar-refractivity contribution in [2.24, 2.45) is 0 Å². The van der Waals surface area contributed by atoms with Gasteiger partial charge in [-0.05, 0) is 48.4 Å². The van der Waals surface area contributed by atoms with Crippen LogP contribution in [0.25, 0.3) is 0 Å². The van der Waals surface area contributed by atoms with Crippen LogP contribution in [0.5, 0.6) is 17.2 Å². The lowest BCUT2D eigenvalue weighted by atomic mass is 10.1. The molecule has 0 radical (unpaired) electrons. The molecule has 0 saturated heterocycles. The number of fused-ring (bicyclic) bond motifs is 1. The molecular formula is C19H19NO4. The highest BCUT2D eigenvalue weighted by molar-refractivity contribution is 5.90. The van der Waals surface area contributed by atoms with E-state index in [0.717, 1.165) is 28.5 Å². The van der Waals surface area contributed by atoms with Crippen molar-refractivity contribution >= 4 is 11.6 Å². The first-order valence-electron chi connectivity index (χ1n) is 7.77. The predicted molar refractivity (Wildman–Crippen MR) is 91.6 cm³/mol. The summed E-state index contributed by atoms with van der Waals surface area (Å²) < 4.78 is 16.0. The van der Waals surface area contributed by atoms with Crippen molar-refractivity contribution < 1.29 is 19.0 Å². The number of carbonyl (C=O) groups is 1. The molecule has 5 nitrogen and oxygen atoms in total. The zero-order valence-electron chi connectivity index (χ0n) is 13.3. The van der Waals surface area contributed by atoms with Crippen LogP contribution < -0.4 is 19.5 Å². The number of anilines is 1. The van der Waals surface area contributed by atoms with E-state index in [4.69, 9.17) is 14.2 Å². The molecule has 1 amide bonds. The van der Waals surface area contributed by atoms with Gasteiger partial charge in [0.25, 0.3) is 0 Å². The minimum absolute atomic E-state index is 0.0348. The third-order valence-electron chi connectivity index (χ3n) is 3.58. The van der Waals surface area contributed by atoms with Crippen LogP contribution in [0.3, 0.4) is 0 Å². The molecule has 24 heavy (non-hydrogen) atoms. The molecule has 0 saturated carbocycles. The van der Waals surface area contributed by atoms with Gasteiger partial charge in [0.2, 0.25) is 12.7 Å². The van der Waals surface area contributed by atoms with Crippen LogP contribution in [-0.4, -0.2) is 19.3 Å². The van der Waals surface area contributed by atoms with Crippen molar-refractivity contribution in [3.8, 4) is 17.2 Å². The summed E-state index contributed by atoms with van der Waals surface area (Å²) >= 11 is 0. The fourth-order valence-electron chi connectivity index (χ4n) is 2.37. The van der Waals surface area contributed by atoms with Crippen molar-refractivity contribution in [1.82, 2.24) is 0 Å². The fraction of sp³-hybridized carbons (Fsp3) is 0.211. The van der Waals surface area contributed by atoms with Gasteiger partial charge in [-0.25, -0.2) is 0 Å². The maximum atomic E-state index is 12.1. The van der Waals surface area contributed by atoms with Crippen LogP contribution in [0.15, 0.2) is 55.1 Å². The Kier molecular flexibility index (Phi) is 5.01. The van der Waals surface area contributed by atoms with Gasteiger partial charge in [-0.1, -0.05) is 18.7 Å². The van der Waals surface area contributed by atoms with Crippen molar-refractivity contribution in [3.05, 3.63) is 60.7 Å². The summed E-state index contributed by atoms with van der Waals surface area (Å²) in [6.45, 7) is 4.32. The number of hydrogen-bond donors (Lipinski definition) is 1. The third kappa shape index (κ3) is 4.07. The molecule has 124 valence electrons. The van der Waals surface area contributed by atoms with Crippen molar-refractivity contribution in [1.29, 1.82) is 0 Å². The second kappa shape index (κ2) is 7.55. The molecule has 1 N–H and O–H groups in total. The zero-order valence-corrected chi connectivity index (χ0v) is 13.3. The SMILES string of the molecule is C=CCOc1ccc(NC(=O)CCc2ccc3c(c2)OCO3)cc1. The Morgan fingerprint density at radius 3 is 2.75 bits per heavy atom. The smallest absolute Gasteiger partial charge is 0.231 e. The quantitative estimate of drug-likeness (QED) is 0.791. The molecule has 5 heteroatoms. The van der Waals surface area contributed by atoms with Crippen LogP contribution >= 0.6 is 0 Å².